The first kappa shape index (κ1) is 12.6. The Kier molecular flexibility index (Phi) is 4.30. The van der Waals surface area contributed by atoms with Gasteiger partial charge in [-0.15, -0.1) is 0 Å². The number of aromatic nitrogens is 2. The van der Waals surface area contributed by atoms with E-state index in [9.17, 15) is 4.79 Å². The van der Waals surface area contributed by atoms with Crippen molar-refractivity contribution in [1.29, 1.82) is 0 Å². The zero-order chi connectivity index (χ0) is 12.8. The molecule has 0 atom stereocenters. The van der Waals surface area contributed by atoms with E-state index in [-0.39, 0.29) is 5.91 Å². The van der Waals surface area contributed by atoms with Crippen molar-refractivity contribution < 1.29 is 4.79 Å². The van der Waals surface area contributed by atoms with E-state index in [0.717, 1.165) is 11.1 Å². The smallest absolute Gasteiger partial charge is 0.230 e. The van der Waals surface area contributed by atoms with Crippen LogP contribution >= 0.6 is 11.8 Å². The lowest BCUT2D eigenvalue weighted by Crippen LogP contribution is -2.19. The quantitative estimate of drug-likeness (QED) is 0.674. The second-order valence-electron chi connectivity index (χ2n) is 3.58. The van der Waals surface area contributed by atoms with Gasteiger partial charge in [0, 0.05) is 25.0 Å². The van der Waals surface area contributed by atoms with Crippen molar-refractivity contribution in [2.24, 2.45) is 0 Å². The van der Waals surface area contributed by atoms with E-state index in [1.54, 1.807) is 19.4 Å². The Morgan fingerprint density at radius 1 is 1.17 bits per heavy atom. The van der Waals surface area contributed by atoms with E-state index in [0.29, 0.717) is 10.9 Å². The van der Waals surface area contributed by atoms with Crippen LogP contribution in [0.1, 0.15) is 0 Å². The molecule has 0 spiro atoms. The molecule has 2 aromatic rings. The number of benzene rings is 1. The van der Waals surface area contributed by atoms with E-state index in [4.69, 9.17) is 0 Å². The van der Waals surface area contributed by atoms with Crippen LogP contribution in [0.15, 0.2) is 47.9 Å². The Morgan fingerprint density at radius 2 is 1.83 bits per heavy atom. The molecule has 0 saturated carbocycles. The van der Waals surface area contributed by atoms with Gasteiger partial charge in [0.15, 0.2) is 5.16 Å². The van der Waals surface area contributed by atoms with E-state index >= 15 is 0 Å². The van der Waals surface area contributed by atoms with Crippen molar-refractivity contribution in [2.75, 3.05) is 12.8 Å². The number of nitrogens with one attached hydrogen (secondary N) is 1. The predicted octanol–water partition coefficient (Wildman–Crippen LogP) is 1.98. The highest BCUT2D eigenvalue weighted by molar-refractivity contribution is 7.99. The fourth-order valence-corrected chi connectivity index (χ4v) is 2.03. The maximum atomic E-state index is 11.1. The average molecular weight is 259 g/mol. The molecule has 4 nitrogen and oxygen atoms in total. The molecule has 0 radical (unpaired) electrons. The van der Waals surface area contributed by atoms with Gasteiger partial charge < -0.3 is 5.32 Å². The highest BCUT2D eigenvalue weighted by Gasteiger charge is 2.03. The maximum absolute atomic E-state index is 11.1. The van der Waals surface area contributed by atoms with Crippen LogP contribution in [0.3, 0.4) is 0 Å². The van der Waals surface area contributed by atoms with Gasteiger partial charge in [-0.25, -0.2) is 9.97 Å². The molecule has 0 aliphatic rings. The molecule has 0 unspecified atom stereocenters. The number of hydrogen-bond acceptors (Lipinski definition) is 4. The minimum absolute atomic E-state index is 0.0317. The van der Waals surface area contributed by atoms with Crippen molar-refractivity contribution >= 4 is 17.7 Å². The fraction of sp³-hybridized carbons (Fsp3) is 0.154. The van der Waals surface area contributed by atoms with Gasteiger partial charge in [0.1, 0.15) is 0 Å². The number of amides is 1. The molecule has 1 aromatic carbocycles. The molecular formula is C13H13N3OS. The van der Waals surface area contributed by atoms with Crippen LogP contribution in [0.2, 0.25) is 0 Å². The Hall–Kier alpha value is -1.88. The van der Waals surface area contributed by atoms with Gasteiger partial charge in [0.05, 0.1) is 5.75 Å². The molecule has 0 bridgehead atoms. The lowest BCUT2D eigenvalue weighted by atomic mass is 10.1. The lowest BCUT2D eigenvalue weighted by Gasteiger charge is -2.02. The zero-order valence-corrected chi connectivity index (χ0v) is 10.8. The van der Waals surface area contributed by atoms with Crippen LogP contribution in [0, 0.1) is 0 Å². The molecule has 1 N–H and O–H groups in total. The SMILES string of the molecule is CNC(=O)CSc1ncc(-c2ccccc2)cn1. The molecule has 0 aliphatic carbocycles. The van der Waals surface area contributed by atoms with Crippen molar-refractivity contribution in [3.63, 3.8) is 0 Å². The molecule has 0 saturated heterocycles. The van der Waals surface area contributed by atoms with Crippen LogP contribution in [0.5, 0.6) is 0 Å². The molecule has 0 fully saturated rings. The van der Waals surface area contributed by atoms with Crippen LogP contribution in [-0.2, 0) is 4.79 Å². The molecule has 92 valence electrons. The van der Waals surface area contributed by atoms with Gasteiger partial charge in [-0.05, 0) is 5.56 Å². The minimum Gasteiger partial charge on any atom is -0.358 e. The molecule has 0 aliphatic heterocycles. The summed E-state index contributed by atoms with van der Waals surface area (Å²) >= 11 is 1.32. The second-order valence-corrected chi connectivity index (χ2v) is 4.52. The Morgan fingerprint density at radius 3 is 2.44 bits per heavy atom. The number of hydrogen-bond donors (Lipinski definition) is 1. The number of carbonyl (C=O) groups excluding carboxylic acids is 1. The number of carbonyl (C=O) groups is 1. The van der Waals surface area contributed by atoms with E-state index in [1.807, 2.05) is 30.3 Å². The van der Waals surface area contributed by atoms with Gasteiger partial charge >= 0.3 is 0 Å². The average Bonchev–Trinajstić information content (AvgIpc) is 2.46. The summed E-state index contributed by atoms with van der Waals surface area (Å²) in [6.07, 6.45) is 3.54. The highest BCUT2D eigenvalue weighted by Crippen LogP contribution is 2.19. The second kappa shape index (κ2) is 6.16. The number of rotatable bonds is 4. The van der Waals surface area contributed by atoms with Crippen molar-refractivity contribution in [2.45, 2.75) is 5.16 Å². The van der Waals surface area contributed by atoms with E-state index < -0.39 is 0 Å². The first-order valence-corrected chi connectivity index (χ1v) is 6.49. The summed E-state index contributed by atoms with van der Waals surface area (Å²) in [6.45, 7) is 0. The summed E-state index contributed by atoms with van der Waals surface area (Å²) in [5.41, 5.74) is 2.06. The molecule has 1 heterocycles. The van der Waals surface area contributed by atoms with Crippen molar-refractivity contribution in [3.05, 3.63) is 42.7 Å². The van der Waals surface area contributed by atoms with Crippen LogP contribution < -0.4 is 5.32 Å². The van der Waals surface area contributed by atoms with Crippen LogP contribution in [-0.4, -0.2) is 28.7 Å². The summed E-state index contributed by atoms with van der Waals surface area (Å²) in [7, 11) is 1.61. The number of nitrogens with zero attached hydrogens (tertiary/aromatic N) is 2. The molecule has 5 heteroatoms. The lowest BCUT2D eigenvalue weighted by molar-refractivity contribution is -0.118. The highest BCUT2D eigenvalue weighted by atomic mass is 32.2. The summed E-state index contributed by atoms with van der Waals surface area (Å²) in [5, 5.41) is 3.17. The fourth-order valence-electron chi connectivity index (χ4n) is 1.37. The molecule has 1 aromatic heterocycles. The zero-order valence-electron chi connectivity index (χ0n) is 9.96. The van der Waals surface area contributed by atoms with Gasteiger partial charge in [-0.2, -0.15) is 0 Å². The molecule has 18 heavy (non-hydrogen) atoms. The van der Waals surface area contributed by atoms with E-state index in [1.165, 1.54) is 11.8 Å². The molecular weight excluding hydrogens is 246 g/mol. The molecule has 2 rings (SSSR count). The topological polar surface area (TPSA) is 54.9 Å². The first-order valence-electron chi connectivity index (χ1n) is 5.50. The van der Waals surface area contributed by atoms with E-state index in [2.05, 4.69) is 15.3 Å². The first-order chi connectivity index (χ1) is 8.79. The summed E-state index contributed by atoms with van der Waals surface area (Å²) < 4.78 is 0. The molecule has 1 amide bonds. The Balaban J connectivity index is 2.04. The monoisotopic (exact) mass is 259 g/mol. The van der Waals surface area contributed by atoms with Gasteiger partial charge in [0.25, 0.3) is 0 Å². The standard InChI is InChI=1S/C13H13N3OS/c1-14-12(17)9-18-13-15-7-11(8-16-13)10-5-3-2-4-6-10/h2-8H,9H2,1H3,(H,14,17). The van der Waals surface area contributed by atoms with Gasteiger partial charge in [-0.1, -0.05) is 42.1 Å². The Labute approximate surface area is 110 Å². The summed E-state index contributed by atoms with van der Waals surface area (Å²) in [4.78, 5) is 19.6. The maximum Gasteiger partial charge on any atom is 0.230 e. The summed E-state index contributed by atoms with van der Waals surface area (Å²) in [6, 6.07) is 9.94. The number of thioether (sulfide) groups is 1. The third-order valence-electron chi connectivity index (χ3n) is 2.35. The van der Waals surface area contributed by atoms with Crippen molar-refractivity contribution in [3.8, 4) is 11.1 Å². The van der Waals surface area contributed by atoms with Gasteiger partial charge in [0.2, 0.25) is 5.91 Å². The Bertz CT molecular complexity index is 514. The van der Waals surface area contributed by atoms with Crippen LogP contribution in [0.25, 0.3) is 11.1 Å². The van der Waals surface area contributed by atoms with Gasteiger partial charge in [-0.3, -0.25) is 4.79 Å². The summed E-state index contributed by atoms with van der Waals surface area (Å²) in [5.74, 6) is 0.303. The third kappa shape index (κ3) is 3.30. The van der Waals surface area contributed by atoms with Crippen LogP contribution in [0.4, 0.5) is 0 Å². The third-order valence-corrected chi connectivity index (χ3v) is 3.22. The normalized spacial score (nSPS) is 10.1. The largest absolute Gasteiger partial charge is 0.358 e. The van der Waals surface area contributed by atoms with Crippen molar-refractivity contribution in [1.82, 2.24) is 15.3 Å². The minimum atomic E-state index is -0.0317. The predicted molar refractivity (Wildman–Crippen MR) is 72.3 cm³/mol.